The second kappa shape index (κ2) is 12.0. The van der Waals surface area contributed by atoms with Crippen molar-refractivity contribution in [2.75, 3.05) is 18.5 Å². The van der Waals surface area contributed by atoms with Gasteiger partial charge in [-0.25, -0.2) is 9.97 Å². The Bertz CT molecular complexity index is 1560. The smallest absolute Gasteiger partial charge is 0.258 e. The van der Waals surface area contributed by atoms with E-state index >= 15 is 0 Å². The van der Waals surface area contributed by atoms with Gasteiger partial charge in [-0.3, -0.25) is 14.7 Å². The fraction of sp³-hybridized carbons (Fsp3) is 0.344. The summed E-state index contributed by atoms with van der Waals surface area (Å²) in [7, 11) is 0. The van der Waals surface area contributed by atoms with Crippen molar-refractivity contribution in [3.8, 4) is 28.3 Å². The van der Waals surface area contributed by atoms with E-state index in [2.05, 4.69) is 20.8 Å². The van der Waals surface area contributed by atoms with E-state index < -0.39 is 0 Å². The molecule has 1 aliphatic carbocycles. The van der Waals surface area contributed by atoms with Crippen LogP contribution in [0.1, 0.15) is 44.4 Å². The van der Waals surface area contributed by atoms with Crippen molar-refractivity contribution < 1.29 is 14.3 Å². The molecule has 0 bridgehead atoms. The van der Waals surface area contributed by atoms with Crippen LogP contribution in [0.5, 0.6) is 5.75 Å². The summed E-state index contributed by atoms with van der Waals surface area (Å²) in [4.78, 5) is 36.9. The molecule has 3 heterocycles. The lowest BCUT2D eigenvalue weighted by atomic mass is 9.93. The summed E-state index contributed by atoms with van der Waals surface area (Å²) in [6.45, 7) is 4.86. The van der Waals surface area contributed by atoms with Gasteiger partial charge in [-0.15, -0.1) is 0 Å². The van der Waals surface area contributed by atoms with E-state index in [1.54, 1.807) is 6.20 Å². The summed E-state index contributed by atoms with van der Waals surface area (Å²) >= 11 is 0. The highest BCUT2D eigenvalue weighted by Crippen LogP contribution is 2.32. The van der Waals surface area contributed by atoms with Crippen LogP contribution in [0.25, 0.3) is 22.5 Å². The van der Waals surface area contributed by atoms with Gasteiger partial charge in [0.2, 0.25) is 5.91 Å². The van der Waals surface area contributed by atoms with Crippen molar-refractivity contribution in [1.29, 1.82) is 0 Å². The van der Waals surface area contributed by atoms with Crippen LogP contribution in [0.4, 0.5) is 11.5 Å². The summed E-state index contributed by atoms with van der Waals surface area (Å²) in [5.41, 5.74) is 5.54. The van der Waals surface area contributed by atoms with Crippen LogP contribution in [-0.2, 0) is 22.6 Å². The Hall–Kier alpha value is -4.73. The summed E-state index contributed by atoms with van der Waals surface area (Å²) in [6.07, 6.45) is 7.50. The van der Waals surface area contributed by atoms with E-state index in [1.807, 2.05) is 73.5 Å². The number of H-pyrrole nitrogens is 1. The van der Waals surface area contributed by atoms with Crippen molar-refractivity contribution in [2.45, 2.75) is 52.1 Å². The average molecular weight is 566 g/mol. The van der Waals surface area contributed by atoms with Gasteiger partial charge in [0.05, 0.1) is 18.4 Å². The Kier molecular flexibility index (Phi) is 7.85. The van der Waals surface area contributed by atoms with Gasteiger partial charge in [0, 0.05) is 53.5 Å². The van der Waals surface area contributed by atoms with Gasteiger partial charge in [0.1, 0.15) is 11.6 Å². The molecule has 42 heavy (non-hydrogen) atoms. The molecule has 3 N–H and O–H groups in total. The SMILES string of the molecule is CC(C)C(=O)N1CCc2nc(-c3cccc(OCC(=O)NC4CCC4)c3)nc(Nc3ccc(-c4cn[nH]c4)cc3)c2C1. The number of carbonyl (C=O) groups is 2. The number of carbonyl (C=O) groups excluding carboxylic acids is 2. The number of aromatic nitrogens is 4. The van der Waals surface area contributed by atoms with Gasteiger partial charge < -0.3 is 20.3 Å². The number of aromatic amines is 1. The normalized spacial score (nSPS) is 14.7. The van der Waals surface area contributed by atoms with E-state index in [4.69, 9.17) is 14.7 Å². The molecule has 10 heteroatoms. The lowest BCUT2D eigenvalue weighted by Gasteiger charge is -2.31. The quantitative estimate of drug-likeness (QED) is 0.265. The number of ether oxygens (including phenoxy) is 1. The largest absolute Gasteiger partial charge is 0.484 e. The van der Waals surface area contributed by atoms with E-state index in [0.29, 0.717) is 36.9 Å². The van der Waals surface area contributed by atoms with Crippen LogP contribution in [0.2, 0.25) is 0 Å². The first-order valence-electron chi connectivity index (χ1n) is 14.5. The lowest BCUT2D eigenvalue weighted by Crippen LogP contribution is -2.41. The highest BCUT2D eigenvalue weighted by Gasteiger charge is 2.27. The van der Waals surface area contributed by atoms with E-state index in [9.17, 15) is 9.59 Å². The average Bonchev–Trinajstić information content (AvgIpc) is 3.53. The molecule has 2 aromatic carbocycles. The number of nitrogens with one attached hydrogen (secondary N) is 3. The first-order chi connectivity index (χ1) is 20.4. The minimum atomic E-state index is -0.110. The molecule has 1 aliphatic heterocycles. The Morgan fingerprint density at radius 3 is 2.62 bits per heavy atom. The zero-order chi connectivity index (χ0) is 29.1. The predicted octanol–water partition coefficient (Wildman–Crippen LogP) is 4.87. The van der Waals surface area contributed by atoms with Crippen molar-refractivity contribution in [1.82, 2.24) is 30.4 Å². The molecule has 6 rings (SSSR count). The Morgan fingerprint density at radius 1 is 1.07 bits per heavy atom. The topological polar surface area (TPSA) is 125 Å². The molecule has 4 aromatic rings. The Labute approximate surface area is 244 Å². The summed E-state index contributed by atoms with van der Waals surface area (Å²) in [5.74, 6) is 1.72. The predicted molar refractivity (Wildman–Crippen MR) is 160 cm³/mol. The molecule has 0 spiro atoms. The van der Waals surface area contributed by atoms with E-state index in [-0.39, 0.29) is 30.4 Å². The molecule has 1 fully saturated rings. The minimum Gasteiger partial charge on any atom is -0.484 e. The monoisotopic (exact) mass is 565 g/mol. The Morgan fingerprint density at radius 2 is 1.90 bits per heavy atom. The van der Waals surface area contributed by atoms with Gasteiger partial charge in [0.25, 0.3) is 5.91 Å². The minimum absolute atomic E-state index is 0.0354. The van der Waals surface area contributed by atoms with Crippen molar-refractivity contribution in [3.05, 3.63) is 72.2 Å². The maximum absolute atomic E-state index is 12.9. The third-order valence-electron chi connectivity index (χ3n) is 7.78. The number of hydrogen-bond donors (Lipinski definition) is 3. The maximum atomic E-state index is 12.9. The number of fused-ring (bicyclic) bond motifs is 1. The number of nitrogens with zero attached hydrogens (tertiary/aromatic N) is 4. The maximum Gasteiger partial charge on any atom is 0.258 e. The molecule has 1 saturated carbocycles. The molecular weight excluding hydrogens is 530 g/mol. The number of amides is 2. The number of rotatable bonds is 9. The standard InChI is InChI=1S/C32H35N7O3/c1-20(2)32(41)39-14-13-28-27(18-39)31(36-25-11-9-21(10-12-25)23-16-33-34-17-23)38-30(37-28)22-5-3-8-26(15-22)42-19-29(40)35-24-6-4-7-24/h3,5,8-12,15-17,20,24H,4,6-7,13-14,18-19H2,1-2H3,(H,33,34)(H,35,40)(H,36,37,38). The van der Waals surface area contributed by atoms with E-state index in [1.165, 1.54) is 0 Å². The molecule has 2 aromatic heterocycles. The molecule has 216 valence electrons. The van der Waals surface area contributed by atoms with Crippen LogP contribution in [-0.4, -0.2) is 56.1 Å². The first-order valence-corrected chi connectivity index (χ1v) is 14.5. The molecule has 0 saturated heterocycles. The van der Waals surface area contributed by atoms with Crippen LogP contribution in [0.3, 0.4) is 0 Å². The number of anilines is 2. The van der Waals surface area contributed by atoms with Crippen LogP contribution in [0.15, 0.2) is 60.9 Å². The van der Waals surface area contributed by atoms with Gasteiger partial charge in [0.15, 0.2) is 12.4 Å². The number of benzene rings is 2. The lowest BCUT2D eigenvalue weighted by molar-refractivity contribution is -0.135. The van der Waals surface area contributed by atoms with E-state index in [0.717, 1.165) is 52.9 Å². The third kappa shape index (κ3) is 6.12. The number of hydrogen-bond acceptors (Lipinski definition) is 7. The van der Waals surface area contributed by atoms with Gasteiger partial charge in [-0.05, 0) is 49.1 Å². The molecule has 2 aliphatic rings. The zero-order valence-corrected chi connectivity index (χ0v) is 23.9. The fourth-order valence-corrected chi connectivity index (χ4v) is 5.19. The summed E-state index contributed by atoms with van der Waals surface area (Å²) < 4.78 is 5.81. The first kappa shape index (κ1) is 27.4. The van der Waals surface area contributed by atoms with Crippen LogP contribution < -0.4 is 15.4 Å². The van der Waals surface area contributed by atoms with Crippen LogP contribution in [0, 0.1) is 5.92 Å². The summed E-state index contributed by atoms with van der Waals surface area (Å²) in [6, 6.07) is 15.8. The van der Waals surface area contributed by atoms with Gasteiger partial charge >= 0.3 is 0 Å². The zero-order valence-electron chi connectivity index (χ0n) is 23.9. The van der Waals surface area contributed by atoms with Gasteiger partial charge in [-0.2, -0.15) is 5.10 Å². The molecule has 0 atom stereocenters. The second-order valence-electron chi connectivity index (χ2n) is 11.2. The van der Waals surface area contributed by atoms with Crippen LogP contribution >= 0.6 is 0 Å². The highest BCUT2D eigenvalue weighted by molar-refractivity contribution is 5.79. The molecule has 2 amide bonds. The highest BCUT2D eigenvalue weighted by atomic mass is 16.5. The van der Waals surface area contributed by atoms with Crippen molar-refractivity contribution >= 4 is 23.3 Å². The van der Waals surface area contributed by atoms with Gasteiger partial charge in [-0.1, -0.05) is 38.1 Å². The molecule has 0 radical (unpaired) electrons. The molecular formula is C32H35N7O3. The second-order valence-corrected chi connectivity index (χ2v) is 11.2. The van der Waals surface area contributed by atoms with Crippen molar-refractivity contribution in [2.24, 2.45) is 5.92 Å². The fourth-order valence-electron chi connectivity index (χ4n) is 5.19. The Balaban J connectivity index is 1.27. The molecule has 0 unspecified atom stereocenters. The van der Waals surface area contributed by atoms with Crippen molar-refractivity contribution in [3.63, 3.8) is 0 Å². The molecule has 10 nitrogen and oxygen atoms in total. The third-order valence-corrected chi connectivity index (χ3v) is 7.78. The summed E-state index contributed by atoms with van der Waals surface area (Å²) in [5, 5.41) is 13.4.